The molecule has 6 heteroatoms. The van der Waals surface area contributed by atoms with Crippen molar-refractivity contribution in [2.24, 2.45) is 0 Å². The minimum atomic E-state index is -0.481. The van der Waals surface area contributed by atoms with Crippen molar-refractivity contribution >= 4 is 11.4 Å². The second-order valence-electron chi connectivity index (χ2n) is 4.51. The van der Waals surface area contributed by atoms with Crippen molar-refractivity contribution in [1.82, 2.24) is 0 Å². The zero-order valence-electron chi connectivity index (χ0n) is 11.7. The van der Waals surface area contributed by atoms with Gasteiger partial charge in [0.25, 0.3) is 5.69 Å². The van der Waals surface area contributed by atoms with Crippen LogP contribution in [0.3, 0.4) is 0 Å². The van der Waals surface area contributed by atoms with E-state index >= 15 is 0 Å². The van der Waals surface area contributed by atoms with Gasteiger partial charge < -0.3 is 10.1 Å². The zero-order valence-corrected chi connectivity index (χ0v) is 11.7. The number of nitro groups is 1. The summed E-state index contributed by atoms with van der Waals surface area (Å²) in [5.41, 5.74) is 1.15. The van der Waals surface area contributed by atoms with E-state index in [4.69, 9.17) is 4.74 Å². The molecule has 0 heterocycles. The molecule has 0 unspecified atom stereocenters. The zero-order chi connectivity index (χ0) is 15.4. The summed E-state index contributed by atoms with van der Waals surface area (Å²) in [4.78, 5) is 10.5. The van der Waals surface area contributed by atoms with Crippen LogP contribution in [0.15, 0.2) is 36.4 Å². The molecule has 0 saturated heterocycles. The van der Waals surface area contributed by atoms with Crippen molar-refractivity contribution in [3.05, 3.63) is 57.9 Å². The summed E-state index contributed by atoms with van der Waals surface area (Å²) in [6, 6.07) is 8.57. The Hall–Kier alpha value is -2.63. The summed E-state index contributed by atoms with van der Waals surface area (Å²) < 4.78 is 18.7. The van der Waals surface area contributed by atoms with Gasteiger partial charge in [-0.25, -0.2) is 4.39 Å². The SMILES string of the molecule is CCNc1cc(Oc2ccc(F)cc2C)cc([N+](=O)[O-])c1. The molecule has 5 nitrogen and oxygen atoms in total. The fraction of sp³-hybridized carbons (Fsp3) is 0.200. The maximum Gasteiger partial charge on any atom is 0.275 e. The lowest BCUT2D eigenvalue weighted by Gasteiger charge is -2.11. The first-order valence-electron chi connectivity index (χ1n) is 6.47. The number of hydrogen-bond donors (Lipinski definition) is 1. The minimum Gasteiger partial charge on any atom is -0.457 e. The Bertz CT molecular complexity index is 674. The molecule has 110 valence electrons. The van der Waals surface area contributed by atoms with E-state index in [0.717, 1.165) is 0 Å². The van der Waals surface area contributed by atoms with Crippen LogP contribution >= 0.6 is 0 Å². The highest BCUT2D eigenvalue weighted by atomic mass is 19.1. The average Bonchev–Trinajstić information content (AvgIpc) is 2.42. The van der Waals surface area contributed by atoms with Gasteiger partial charge in [0.15, 0.2) is 0 Å². The van der Waals surface area contributed by atoms with E-state index in [2.05, 4.69) is 5.32 Å². The third-order valence-electron chi connectivity index (χ3n) is 2.85. The van der Waals surface area contributed by atoms with E-state index in [-0.39, 0.29) is 11.5 Å². The minimum absolute atomic E-state index is 0.0665. The second kappa shape index (κ2) is 6.21. The number of hydrogen-bond acceptors (Lipinski definition) is 4. The molecule has 0 aliphatic carbocycles. The third kappa shape index (κ3) is 3.68. The van der Waals surface area contributed by atoms with Crippen LogP contribution in [0.25, 0.3) is 0 Å². The van der Waals surface area contributed by atoms with Crippen LogP contribution in [-0.2, 0) is 0 Å². The average molecular weight is 290 g/mol. The summed E-state index contributed by atoms with van der Waals surface area (Å²) >= 11 is 0. The predicted molar refractivity (Wildman–Crippen MR) is 78.5 cm³/mol. The van der Waals surface area contributed by atoms with Gasteiger partial charge in [-0.15, -0.1) is 0 Å². The fourth-order valence-electron chi connectivity index (χ4n) is 1.91. The van der Waals surface area contributed by atoms with Crippen LogP contribution in [0.5, 0.6) is 11.5 Å². The quantitative estimate of drug-likeness (QED) is 0.660. The van der Waals surface area contributed by atoms with Crippen molar-refractivity contribution in [2.75, 3.05) is 11.9 Å². The van der Waals surface area contributed by atoms with E-state index in [0.29, 0.717) is 29.3 Å². The molecule has 0 spiro atoms. The molecule has 0 aliphatic heterocycles. The summed E-state index contributed by atoms with van der Waals surface area (Å²) in [5.74, 6) is 0.432. The van der Waals surface area contributed by atoms with Crippen LogP contribution in [-0.4, -0.2) is 11.5 Å². The van der Waals surface area contributed by atoms with Gasteiger partial charge >= 0.3 is 0 Å². The Labute approximate surface area is 121 Å². The number of rotatable bonds is 5. The molecule has 0 radical (unpaired) electrons. The lowest BCUT2D eigenvalue weighted by atomic mass is 10.2. The topological polar surface area (TPSA) is 64.4 Å². The maximum absolute atomic E-state index is 13.1. The lowest BCUT2D eigenvalue weighted by Crippen LogP contribution is -1.99. The first kappa shape index (κ1) is 14.8. The summed E-state index contributed by atoms with van der Waals surface area (Å²) in [7, 11) is 0. The summed E-state index contributed by atoms with van der Waals surface area (Å²) in [5, 5.41) is 14.0. The Morgan fingerprint density at radius 2 is 2.05 bits per heavy atom. The van der Waals surface area contributed by atoms with Crippen LogP contribution < -0.4 is 10.1 Å². The highest BCUT2D eigenvalue weighted by Gasteiger charge is 2.12. The molecule has 0 aromatic heterocycles. The molecule has 0 amide bonds. The van der Waals surface area contributed by atoms with Gasteiger partial charge in [-0.05, 0) is 37.6 Å². The summed E-state index contributed by atoms with van der Waals surface area (Å²) in [6.07, 6.45) is 0. The maximum atomic E-state index is 13.1. The van der Waals surface area contributed by atoms with Crippen molar-refractivity contribution in [2.45, 2.75) is 13.8 Å². The van der Waals surface area contributed by atoms with Gasteiger partial charge in [0.05, 0.1) is 11.0 Å². The molecule has 0 saturated carbocycles. The number of nitrogens with zero attached hydrogens (tertiary/aromatic N) is 1. The largest absolute Gasteiger partial charge is 0.457 e. The van der Waals surface area contributed by atoms with Crippen LogP contribution in [0.2, 0.25) is 0 Å². The highest BCUT2D eigenvalue weighted by Crippen LogP contribution is 2.31. The lowest BCUT2D eigenvalue weighted by molar-refractivity contribution is -0.384. The molecule has 1 N–H and O–H groups in total. The third-order valence-corrected chi connectivity index (χ3v) is 2.85. The number of ether oxygens (including phenoxy) is 1. The predicted octanol–water partition coefficient (Wildman–Crippen LogP) is 4.27. The molecular formula is C15H15FN2O3. The molecule has 2 rings (SSSR count). The molecule has 0 atom stereocenters. The monoisotopic (exact) mass is 290 g/mol. The van der Waals surface area contributed by atoms with E-state index in [1.54, 1.807) is 13.0 Å². The van der Waals surface area contributed by atoms with Crippen molar-refractivity contribution in [3.8, 4) is 11.5 Å². The van der Waals surface area contributed by atoms with E-state index in [1.807, 2.05) is 6.92 Å². The van der Waals surface area contributed by atoms with Gasteiger partial charge in [-0.1, -0.05) is 0 Å². The van der Waals surface area contributed by atoms with Gasteiger partial charge in [0, 0.05) is 24.4 Å². The van der Waals surface area contributed by atoms with Crippen molar-refractivity contribution in [3.63, 3.8) is 0 Å². The molecule has 0 bridgehead atoms. The number of halogens is 1. The summed E-state index contributed by atoms with van der Waals surface area (Å²) in [6.45, 7) is 4.24. The van der Waals surface area contributed by atoms with Crippen LogP contribution in [0, 0.1) is 22.9 Å². The molecule has 21 heavy (non-hydrogen) atoms. The first-order chi connectivity index (χ1) is 9.99. The van der Waals surface area contributed by atoms with E-state index in [1.165, 1.54) is 30.3 Å². The number of nitro benzene ring substituents is 1. The van der Waals surface area contributed by atoms with Crippen LogP contribution in [0.1, 0.15) is 12.5 Å². The standard InChI is InChI=1S/C15H15FN2O3/c1-3-17-12-7-13(18(19)20)9-14(8-12)21-15-5-4-11(16)6-10(15)2/h4-9,17H,3H2,1-2H3. The number of aryl methyl sites for hydroxylation is 1. The Morgan fingerprint density at radius 3 is 2.67 bits per heavy atom. The first-order valence-corrected chi connectivity index (χ1v) is 6.47. The van der Waals surface area contributed by atoms with Gasteiger partial charge in [-0.3, -0.25) is 10.1 Å². The van der Waals surface area contributed by atoms with Gasteiger partial charge in [-0.2, -0.15) is 0 Å². The Balaban J connectivity index is 2.36. The molecular weight excluding hydrogens is 275 g/mol. The number of non-ortho nitro benzene ring substituents is 1. The van der Waals surface area contributed by atoms with Crippen LogP contribution in [0.4, 0.5) is 15.8 Å². The normalized spacial score (nSPS) is 10.2. The van der Waals surface area contributed by atoms with Gasteiger partial charge in [0.2, 0.25) is 0 Å². The molecule has 2 aromatic rings. The number of anilines is 1. The number of nitrogens with one attached hydrogen (secondary N) is 1. The fourth-order valence-corrected chi connectivity index (χ4v) is 1.91. The van der Waals surface area contributed by atoms with Crippen molar-refractivity contribution in [1.29, 1.82) is 0 Å². The van der Waals surface area contributed by atoms with E-state index < -0.39 is 4.92 Å². The molecule has 0 aliphatic rings. The Morgan fingerprint density at radius 1 is 1.29 bits per heavy atom. The number of benzene rings is 2. The molecule has 0 fully saturated rings. The Kier molecular flexibility index (Phi) is 4.37. The second-order valence-corrected chi connectivity index (χ2v) is 4.51. The smallest absolute Gasteiger partial charge is 0.275 e. The molecule has 2 aromatic carbocycles. The van der Waals surface area contributed by atoms with E-state index in [9.17, 15) is 14.5 Å². The van der Waals surface area contributed by atoms with Gasteiger partial charge in [0.1, 0.15) is 17.3 Å². The van der Waals surface area contributed by atoms with Crippen molar-refractivity contribution < 1.29 is 14.1 Å². The highest BCUT2D eigenvalue weighted by molar-refractivity contribution is 5.57.